The van der Waals surface area contributed by atoms with E-state index in [4.69, 9.17) is 23.1 Å². The van der Waals surface area contributed by atoms with Crippen molar-refractivity contribution in [2.45, 2.75) is 99.6 Å². The molecule has 0 saturated carbocycles. The molecule has 41 heavy (non-hydrogen) atoms. The topological polar surface area (TPSA) is 46.2 Å². The lowest BCUT2D eigenvalue weighted by atomic mass is 9.99. The first kappa shape index (κ1) is 30.5. The number of benzene rings is 3. The Kier molecular flexibility index (Phi) is 9.46. The Bertz CT molecular complexity index is 1210. The molecule has 0 N–H and O–H groups in total. The monoisotopic (exact) mass is 592 g/mol. The summed E-state index contributed by atoms with van der Waals surface area (Å²) in [5, 5.41) is -0.313. The zero-order valence-electron chi connectivity index (χ0n) is 25.1. The highest BCUT2D eigenvalue weighted by atomic mass is 32.2. The minimum Gasteiger partial charge on any atom is -0.391 e. The van der Waals surface area contributed by atoms with E-state index in [1.54, 1.807) is 11.8 Å². The third-order valence-electron chi connectivity index (χ3n) is 7.88. The van der Waals surface area contributed by atoms with E-state index in [0.717, 1.165) is 16.0 Å². The van der Waals surface area contributed by atoms with Crippen molar-refractivity contribution < 1.29 is 23.1 Å². The second kappa shape index (κ2) is 12.7. The van der Waals surface area contributed by atoms with Gasteiger partial charge in [-0.05, 0) is 23.3 Å². The summed E-state index contributed by atoms with van der Waals surface area (Å²) in [6.07, 6.45) is -1.29. The van der Waals surface area contributed by atoms with E-state index in [-0.39, 0.29) is 39.9 Å². The van der Waals surface area contributed by atoms with Crippen molar-refractivity contribution in [3.63, 3.8) is 0 Å². The van der Waals surface area contributed by atoms with E-state index >= 15 is 0 Å². The molecule has 2 saturated heterocycles. The minimum atomic E-state index is -2.78. The third-order valence-corrected chi connectivity index (χ3v) is 14.2. The van der Waals surface area contributed by atoms with E-state index in [2.05, 4.69) is 90.1 Å². The molecule has 7 heteroatoms. The quantitative estimate of drug-likeness (QED) is 0.246. The molecule has 0 bridgehead atoms. The van der Waals surface area contributed by atoms with Crippen molar-refractivity contribution in [1.82, 2.24) is 0 Å². The van der Waals surface area contributed by atoms with E-state index < -0.39 is 8.56 Å². The van der Waals surface area contributed by atoms with Gasteiger partial charge in [-0.15, -0.1) is 0 Å². The summed E-state index contributed by atoms with van der Waals surface area (Å²) >= 11 is 1.67. The molecule has 0 unspecified atom stereocenters. The first-order valence-electron chi connectivity index (χ1n) is 14.6. The Morgan fingerprint density at radius 1 is 0.707 bits per heavy atom. The lowest BCUT2D eigenvalue weighted by molar-refractivity contribution is -0.250. The van der Waals surface area contributed by atoms with Crippen molar-refractivity contribution >= 4 is 20.3 Å². The number of hydrogen-bond acceptors (Lipinski definition) is 6. The van der Waals surface area contributed by atoms with Crippen LogP contribution in [0.3, 0.4) is 0 Å². The Morgan fingerprint density at radius 3 is 1.71 bits per heavy atom. The van der Waals surface area contributed by atoms with Gasteiger partial charge in [0.2, 0.25) is 0 Å². The maximum Gasteiger partial charge on any atom is 0.349 e. The summed E-state index contributed by atoms with van der Waals surface area (Å²) in [6.45, 7) is 14.9. The van der Waals surface area contributed by atoms with Gasteiger partial charge in [-0.3, -0.25) is 0 Å². The van der Waals surface area contributed by atoms with Crippen LogP contribution >= 0.6 is 11.8 Å². The summed E-state index contributed by atoms with van der Waals surface area (Å²) < 4.78 is 34.5. The molecule has 2 fully saturated rings. The van der Waals surface area contributed by atoms with E-state index in [9.17, 15) is 0 Å². The maximum absolute atomic E-state index is 7.27. The van der Waals surface area contributed by atoms with Crippen LogP contribution in [-0.2, 0) is 36.3 Å². The minimum absolute atomic E-state index is 0.157. The molecule has 5 rings (SSSR count). The average molecular weight is 593 g/mol. The zero-order chi connectivity index (χ0) is 29.1. The van der Waals surface area contributed by atoms with Gasteiger partial charge in [-0.2, -0.15) is 0 Å². The number of rotatable bonds is 8. The summed E-state index contributed by atoms with van der Waals surface area (Å²) in [5.41, 5.74) is 1.93. The molecule has 0 amide bonds. The van der Waals surface area contributed by atoms with Gasteiger partial charge in [-0.25, -0.2) is 0 Å². The molecule has 3 aromatic carbocycles. The van der Waals surface area contributed by atoms with Crippen LogP contribution in [-0.4, -0.2) is 45.0 Å². The standard InChI is InChI=1S/C34H44O5SSi/c1-33(2,3)41(34(4,5)6)37-24-28-29(39-41)30(35-22-25-16-10-7-11-17-25)31(36-23-26-18-12-8-13-19-26)32(38-28)40-27-20-14-9-15-21-27/h7-21,28-32H,22-24H2,1-6H3/t28-,29-,30+,31-,32+/m1/s1. The normalized spacial score (nSPS) is 26.3. The number of fused-ring (bicyclic) bond motifs is 1. The lowest BCUT2D eigenvalue weighted by Crippen LogP contribution is -2.71. The predicted molar refractivity (Wildman–Crippen MR) is 167 cm³/mol. The van der Waals surface area contributed by atoms with Crippen molar-refractivity contribution in [2.24, 2.45) is 0 Å². The van der Waals surface area contributed by atoms with Crippen LogP contribution in [0.15, 0.2) is 95.9 Å². The zero-order valence-corrected chi connectivity index (χ0v) is 26.9. The van der Waals surface area contributed by atoms with Gasteiger partial charge in [0.15, 0.2) is 0 Å². The van der Waals surface area contributed by atoms with E-state index in [1.807, 2.05) is 42.5 Å². The fourth-order valence-electron chi connectivity index (χ4n) is 6.12. The van der Waals surface area contributed by atoms with Gasteiger partial charge >= 0.3 is 8.56 Å². The molecule has 0 aromatic heterocycles. The van der Waals surface area contributed by atoms with E-state index in [1.165, 1.54) is 0 Å². The molecular weight excluding hydrogens is 549 g/mol. The Labute approximate surface area is 251 Å². The van der Waals surface area contributed by atoms with Crippen LogP contribution < -0.4 is 0 Å². The van der Waals surface area contributed by atoms with Gasteiger partial charge in [0.1, 0.15) is 29.9 Å². The highest BCUT2D eigenvalue weighted by Gasteiger charge is 2.65. The molecule has 2 aliphatic heterocycles. The fourth-order valence-corrected chi connectivity index (χ4v) is 12.2. The maximum atomic E-state index is 7.27. The van der Waals surface area contributed by atoms with Crippen LogP contribution in [0.1, 0.15) is 52.7 Å². The van der Waals surface area contributed by atoms with Crippen LogP contribution in [0.2, 0.25) is 10.1 Å². The molecule has 2 heterocycles. The first-order chi connectivity index (χ1) is 19.6. The van der Waals surface area contributed by atoms with Crippen LogP contribution in [0, 0.1) is 0 Å². The Hall–Kier alpha value is -1.97. The molecule has 3 aromatic rings. The third kappa shape index (κ3) is 6.83. The van der Waals surface area contributed by atoms with Crippen LogP contribution in [0.25, 0.3) is 0 Å². The second-order valence-electron chi connectivity index (χ2n) is 13.0. The van der Waals surface area contributed by atoms with Gasteiger partial charge < -0.3 is 23.1 Å². The molecule has 5 nitrogen and oxygen atoms in total. The Morgan fingerprint density at radius 2 is 1.20 bits per heavy atom. The SMILES string of the molecule is CC(C)(C)[Si]1(C(C)(C)C)OC[C@H]2O[C@@H](Sc3ccccc3)[C@H](OCc3ccccc3)[C@@H](OCc3ccccc3)[C@@H]2O1. The summed E-state index contributed by atoms with van der Waals surface area (Å²) in [7, 11) is -2.78. The van der Waals surface area contributed by atoms with Crippen molar-refractivity contribution in [2.75, 3.05) is 6.61 Å². The van der Waals surface area contributed by atoms with Crippen molar-refractivity contribution in [1.29, 1.82) is 0 Å². The second-order valence-corrected chi connectivity index (χ2v) is 18.9. The molecule has 5 atom stereocenters. The molecule has 0 spiro atoms. The molecule has 220 valence electrons. The molecule has 0 aliphatic carbocycles. The van der Waals surface area contributed by atoms with Gasteiger partial charge in [0, 0.05) is 15.0 Å². The number of thioether (sulfide) groups is 1. The van der Waals surface area contributed by atoms with Gasteiger partial charge in [-0.1, -0.05) is 132 Å². The molecular formula is C34H44O5SSi. The van der Waals surface area contributed by atoms with Crippen molar-refractivity contribution in [3.8, 4) is 0 Å². The number of hydrogen-bond donors (Lipinski definition) is 0. The summed E-state index contributed by atoms with van der Waals surface area (Å²) in [6, 6.07) is 31.0. The van der Waals surface area contributed by atoms with Gasteiger partial charge in [0.25, 0.3) is 0 Å². The van der Waals surface area contributed by atoms with E-state index in [0.29, 0.717) is 19.8 Å². The van der Waals surface area contributed by atoms with Crippen LogP contribution in [0.5, 0.6) is 0 Å². The summed E-state index contributed by atoms with van der Waals surface area (Å²) in [5.74, 6) is 0. The highest BCUT2D eigenvalue weighted by Crippen LogP contribution is 2.55. The number of ether oxygens (including phenoxy) is 3. The lowest BCUT2D eigenvalue weighted by Gasteiger charge is -2.58. The summed E-state index contributed by atoms with van der Waals surface area (Å²) in [4.78, 5) is 1.12. The van der Waals surface area contributed by atoms with Crippen molar-refractivity contribution in [3.05, 3.63) is 102 Å². The molecule has 0 radical (unpaired) electrons. The van der Waals surface area contributed by atoms with Crippen LogP contribution in [0.4, 0.5) is 0 Å². The predicted octanol–water partition coefficient (Wildman–Crippen LogP) is 8.13. The highest BCUT2D eigenvalue weighted by molar-refractivity contribution is 7.99. The average Bonchev–Trinajstić information content (AvgIpc) is 2.95. The van der Waals surface area contributed by atoms with Gasteiger partial charge in [0.05, 0.1) is 19.8 Å². The smallest absolute Gasteiger partial charge is 0.349 e. The first-order valence-corrected chi connectivity index (χ1v) is 17.3. The molecule has 2 aliphatic rings. The Balaban J connectivity index is 1.51. The fraction of sp³-hybridized carbons (Fsp3) is 0.471. The largest absolute Gasteiger partial charge is 0.391 e.